The Morgan fingerprint density at radius 3 is 2.71 bits per heavy atom. The first-order chi connectivity index (χ1) is 9.95. The van der Waals surface area contributed by atoms with E-state index in [0.29, 0.717) is 13.2 Å². The van der Waals surface area contributed by atoms with Crippen LogP contribution in [0.5, 0.6) is 5.75 Å². The molecule has 0 heterocycles. The third kappa shape index (κ3) is 3.86. The third-order valence-corrected chi connectivity index (χ3v) is 4.95. The van der Waals surface area contributed by atoms with E-state index in [0.717, 1.165) is 35.0 Å². The summed E-state index contributed by atoms with van der Waals surface area (Å²) >= 11 is 3.49. The molecular weight excluding hydrogens is 332 g/mol. The highest BCUT2D eigenvalue weighted by Gasteiger charge is 2.39. The molecule has 1 aromatic rings. The van der Waals surface area contributed by atoms with E-state index in [-0.39, 0.29) is 17.1 Å². The van der Waals surface area contributed by atoms with E-state index in [4.69, 9.17) is 9.47 Å². The summed E-state index contributed by atoms with van der Waals surface area (Å²) in [5, 5.41) is 0. The smallest absolute Gasteiger partial charge is 0.166 e. The molecule has 0 aromatic heterocycles. The van der Waals surface area contributed by atoms with Crippen LogP contribution >= 0.6 is 15.9 Å². The number of rotatable bonds is 6. The van der Waals surface area contributed by atoms with Crippen molar-refractivity contribution in [2.24, 2.45) is 11.3 Å². The van der Waals surface area contributed by atoms with Gasteiger partial charge >= 0.3 is 0 Å². The molecule has 0 amide bonds. The summed E-state index contributed by atoms with van der Waals surface area (Å²) in [6.45, 7) is 5.43. The van der Waals surface area contributed by atoms with Crippen molar-refractivity contribution in [2.75, 3.05) is 20.3 Å². The molecule has 1 fully saturated rings. The van der Waals surface area contributed by atoms with Crippen LogP contribution in [0.2, 0.25) is 0 Å². The van der Waals surface area contributed by atoms with E-state index in [1.165, 1.54) is 0 Å². The Bertz CT molecular complexity index is 511. The van der Waals surface area contributed by atoms with Crippen molar-refractivity contribution in [3.8, 4) is 5.75 Å². The number of ketones is 1. The highest BCUT2D eigenvalue weighted by molar-refractivity contribution is 9.10. The summed E-state index contributed by atoms with van der Waals surface area (Å²) in [4.78, 5) is 12.7. The summed E-state index contributed by atoms with van der Waals surface area (Å²) in [5.74, 6) is 1.13. The topological polar surface area (TPSA) is 35.5 Å². The van der Waals surface area contributed by atoms with Crippen LogP contribution < -0.4 is 4.74 Å². The molecule has 0 saturated heterocycles. The molecule has 1 aliphatic carbocycles. The molecule has 1 atom stereocenters. The van der Waals surface area contributed by atoms with E-state index >= 15 is 0 Å². The number of benzene rings is 1. The van der Waals surface area contributed by atoms with E-state index in [2.05, 4.69) is 29.8 Å². The molecule has 21 heavy (non-hydrogen) atoms. The summed E-state index contributed by atoms with van der Waals surface area (Å²) in [7, 11) is 1.64. The molecule has 1 saturated carbocycles. The maximum absolute atomic E-state index is 12.7. The Labute approximate surface area is 135 Å². The lowest BCUT2D eigenvalue weighted by Gasteiger charge is -2.25. The predicted molar refractivity (Wildman–Crippen MR) is 87.0 cm³/mol. The highest BCUT2D eigenvalue weighted by atomic mass is 79.9. The van der Waals surface area contributed by atoms with Gasteiger partial charge in [0.05, 0.1) is 11.1 Å². The zero-order valence-electron chi connectivity index (χ0n) is 12.9. The number of Topliss-reactive ketones (excluding diaryl/α,β-unsaturated/α-hetero) is 1. The van der Waals surface area contributed by atoms with E-state index < -0.39 is 0 Å². The van der Waals surface area contributed by atoms with Crippen LogP contribution in [0.4, 0.5) is 0 Å². The summed E-state index contributed by atoms with van der Waals surface area (Å²) in [5.41, 5.74) is 0.873. The Hall–Kier alpha value is -0.870. The third-order valence-electron chi connectivity index (χ3n) is 4.34. The van der Waals surface area contributed by atoms with Crippen LogP contribution in [-0.2, 0) is 4.74 Å². The van der Waals surface area contributed by atoms with Gasteiger partial charge in [0.1, 0.15) is 12.4 Å². The van der Waals surface area contributed by atoms with Crippen LogP contribution in [-0.4, -0.2) is 26.1 Å². The van der Waals surface area contributed by atoms with Crippen molar-refractivity contribution in [3.63, 3.8) is 0 Å². The van der Waals surface area contributed by atoms with E-state index in [1.54, 1.807) is 7.11 Å². The normalized spacial score (nSPS) is 20.5. The quantitative estimate of drug-likeness (QED) is 0.557. The molecule has 2 rings (SSSR count). The molecular formula is C17H23BrO3. The first-order valence-electron chi connectivity index (χ1n) is 7.41. The minimum atomic E-state index is 0.108. The lowest BCUT2D eigenvalue weighted by atomic mass is 9.78. The average Bonchev–Trinajstić information content (AvgIpc) is 2.79. The van der Waals surface area contributed by atoms with Gasteiger partial charge in [-0.15, -0.1) is 0 Å². The summed E-state index contributed by atoms with van der Waals surface area (Å²) in [6.07, 6.45) is 3.27. The molecule has 4 heteroatoms. The van der Waals surface area contributed by atoms with E-state index in [9.17, 15) is 4.79 Å². The van der Waals surface area contributed by atoms with Crippen molar-refractivity contribution in [2.45, 2.75) is 33.1 Å². The van der Waals surface area contributed by atoms with Crippen molar-refractivity contribution in [3.05, 3.63) is 28.2 Å². The van der Waals surface area contributed by atoms with Gasteiger partial charge < -0.3 is 9.47 Å². The monoisotopic (exact) mass is 354 g/mol. The molecule has 0 aliphatic heterocycles. The molecule has 1 unspecified atom stereocenters. The molecule has 1 aliphatic rings. The Morgan fingerprint density at radius 2 is 2.14 bits per heavy atom. The Morgan fingerprint density at radius 1 is 1.38 bits per heavy atom. The number of hydrogen-bond acceptors (Lipinski definition) is 3. The van der Waals surface area contributed by atoms with Gasteiger partial charge in [-0.25, -0.2) is 0 Å². The number of carbonyl (C=O) groups excluding carboxylic acids is 1. The average molecular weight is 355 g/mol. The van der Waals surface area contributed by atoms with Gasteiger partial charge in [0.25, 0.3) is 0 Å². The number of ether oxygens (including phenoxy) is 2. The zero-order chi connectivity index (χ0) is 15.5. The molecule has 0 spiro atoms. The predicted octanol–water partition coefficient (Wildman–Crippen LogP) is 4.48. The lowest BCUT2D eigenvalue weighted by molar-refractivity contribution is 0.0839. The van der Waals surface area contributed by atoms with Crippen molar-refractivity contribution in [1.82, 2.24) is 0 Å². The fraction of sp³-hybridized carbons (Fsp3) is 0.588. The standard InChI is InChI=1S/C17H23BrO3/c1-17(2)8-4-5-13(17)16(19)12-6-7-15(14(18)11-12)21-10-9-20-3/h6-7,11,13H,4-5,8-10H2,1-3H3. The fourth-order valence-electron chi connectivity index (χ4n) is 3.02. The summed E-state index contributed by atoms with van der Waals surface area (Å²) < 4.78 is 11.4. The van der Waals surface area contributed by atoms with Crippen molar-refractivity contribution >= 4 is 21.7 Å². The number of halogens is 1. The lowest BCUT2D eigenvalue weighted by Crippen LogP contribution is -2.25. The first-order valence-corrected chi connectivity index (χ1v) is 8.20. The molecule has 1 aromatic carbocycles. The SMILES string of the molecule is COCCOc1ccc(C(=O)C2CCCC2(C)C)cc1Br. The second-order valence-corrected chi connectivity index (χ2v) is 7.14. The second kappa shape index (κ2) is 6.93. The number of methoxy groups -OCH3 is 1. The molecule has 0 bridgehead atoms. The Balaban J connectivity index is 2.10. The number of carbonyl (C=O) groups is 1. The molecule has 116 valence electrons. The van der Waals surface area contributed by atoms with Crippen LogP contribution in [0.1, 0.15) is 43.5 Å². The van der Waals surface area contributed by atoms with Crippen LogP contribution in [0.3, 0.4) is 0 Å². The van der Waals surface area contributed by atoms with Gasteiger partial charge in [0.2, 0.25) is 0 Å². The highest BCUT2D eigenvalue weighted by Crippen LogP contribution is 2.44. The number of hydrogen-bond donors (Lipinski definition) is 0. The van der Waals surface area contributed by atoms with Crippen LogP contribution in [0, 0.1) is 11.3 Å². The molecule has 3 nitrogen and oxygen atoms in total. The maximum Gasteiger partial charge on any atom is 0.166 e. The van der Waals surface area contributed by atoms with Crippen LogP contribution in [0.15, 0.2) is 22.7 Å². The van der Waals surface area contributed by atoms with Gasteiger partial charge in [-0.1, -0.05) is 20.3 Å². The minimum Gasteiger partial charge on any atom is -0.490 e. The van der Waals surface area contributed by atoms with Gasteiger partial charge in [0.15, 0.2) is 5.78 Å². The van der Waals surface area contributed by atoms with Crippen LogP contribution in [0.25, 0.3) is 0 Å². The van der Waals surface area contributed by atoms with Gasteiger partial charge in [-0.3, -0.25) is 4.79 Å². The first kappa shape index (κ1) is 16.5. The Kier molecular flexibility index (Phi) is 5.44. The van der Waals surface area contributed by atoms with Gasteiger partial charge in [0, 0.05) is 18.6 Å². The zero-order valence-corrected chi connectivity index (χ0v) is 14.5. The van der Waals surface area contributed by atoms with Crippen molar-refractivity contribution < 1.29 is 14.3 Å². The summed E-state index contributed by atoms with van der Waals surface area (Å²) in [6, 6.07) is 5.59. The fourth-order valence-corrected chi connectivity index (χ4v) is 3.51. The molecule has 0 radical (unpaired) electrons. The van der Waals surface area contributed by atoms with E-state index in [1.807, 2.05) is 18.2 Å². The van der Waals surface area contributed by atoms with Gasteiger partial charge in [-0.2, -0.15) is 0 Å². The van der Waals surface area contributed by atoms with Gasteiger partial charge in [-0.05, 0) is 52.4 Å². The second-order valence-electron chi connectivity index (χ2n) is 6.28. The largest absolute Gasteiger partial charge is 0.490 e. The maximum atomic E-state index is 12.7. The van der Waals surface area contributed by atoms with Crippen molar-refractivity contribution in [1.29, 1.82) is 0 Å². The molecule has 0 N–H and O–H groups in total. The minimum absolute atomic E-state index is 0.108.